The van der Waals surface area contributed by atoms with Gasteiger partial charge >= 0.3 is 0 Å². The molecule has 150 valence electrons. The lowest BCUT2D eigenvalue weighted by Crippen LogP contribution is -2.52. The maximum Gasteiger partial charge on any atom is 0.281 e. The van der Waals surface area contributed by atoms with Gasteiger partial charge in [0.15, 0.2) is 17.3 Å². The van der Waals surface area contributed by atoms with Crippen LogP contribution in [-0.2, 0) is 4.79 Å². The molecular weight excluding hydrogens is 384 g/mol. The molecule has 4 rings (SSSR count). The highest BCUT2D eigenvalue weighted by Gasteiger charge is 2.26. The van der Waals surface area contributed by atoms with Crippen molar-refractivity contribution in [2.24, 2.45) is 10.9 Å². The van der Waals surface area contributed by atoms with E-state index in [1.165, 1.54) is 34.8 Å². The molecule has 1 aliphatic heterocycles. The van der Waals surface area contributed by atoms with E-state index in [2.05, 4.69) is 25.0 Å². The smallest absolute Gasteiger partial charge is 0.281 e. The summed E-state index contributed by atoms with van der Waals surface area (Å²) in [7, 11) is 0. The lowest BCUT2D eigenvalue weighted by Gasteiger charge is -2.35. The van der Waals surface area contributed by atoms with Crippen LogP contribution in [0.25, 0.3) is 17.2 Å². The highest BCUT2D eigenvalue weighted by atomic mass is 19.3. The Morgan fingerprint density at radius 1 is 1.24 bits per heavy atom. The van der Waals surface area contributed by atoms with Crippen LogP contribution in [0.1, 0.15) is 19.0 Å². The number of nitrogens with zero attached hydrogens (tertiary/aromatic N) is 8. The van der Waals surface area contributed by atoms with Gasteiger partial charge in [0.05, 0.1) is 18.9 Å². The molecule has 0 spiro atoms. The number of hydrazone groups is 1. The van der Waals surface area contributed by atoms with Crippen LogP contribution < -0.4 is 10.7 Å². The zero-order valence-electron chi connectivity index (χ0n) is 15.4. The Kier molecular flexibility index (Phi) is 4.74. The van der Waals surface area contributed by atoms with Crippen molar-refractivity contribution >= 4 is 23.2 Å². The molecule has 3 aromatic rings. The fourth-order valence-corrected chi connectivity index (χ4v) is 3.16. The van der Waals surface area contributed by atoms with Gasteiger partial charge in [-0.3, -0.25) is 14.1 Å². The Bertz CT molecular complexity index is 1100. The van der Waals surface area contributed by atoms with Crippen molar-refractivity contribution in [2.45, 2.75) is 13.3 Å². The minimum absolute atomic E-state index is 0.133. The number of fused-ring (bicyclic) bond motifs is 1. The average molecular weight is 401 g/mol. The summed E-state index contributed by atoms with van der Waals surface area (Å²) < 4.78 is 27.5. The summed E-state index contributed by atoms with van der Waals surface area (Å²) in [6, 6.07) is 1.72. The first-order valence-corrected chi connectivity index (χ1v) is 8.72. The number of hydrogen-bond donors (Lipinski definition) is 1. The monoisotopic (exact) mass is 401 g/mol. The quantitative estimate of drug-likeness (QED) is 0.515. The summed E-state index contributed by atoms with van der Waals surface area (Å²) in [6.45, 7) is 2.71. The van der Waals surface area contributed by atoms with Crippen LogP contribution in [-0.4, -0.2) is 60.6 Å². The van der Waals surface area contributed by atoms with Gasteiger partial charge in [0, 0.05) is 32.4 Å². The number of piperazine rings is 1. The summed E-state index contributed by atoms with van der Waals surface area (Å²) in [5, 5.41) is 3.71. The number of carbonyl (C=O) groups is 1. The lowest BCUT2D eigenvalue weighted by molar-refractivity contribution is -0.125. The number of anilines is 1. The highest BCUT2D eigenvalue weighted by molar-refractivity contribution is 6.00. The van der Waals surface area contributed by atoms with E-state index in [1.54, 1.807) is 12.3 Å². The number of rotatable bonds is 3. The van der Waals surface area contributed by atoms with E-state index in [4.69, 9.17) is 5.84 Å². The molecule has 10 nitrogen and oxygen atoms in total. The molecule has 0 unspecified atom stereocenters. The highest BCUT2D eigenvalue weighted by Crippen LogP contribution is 2.23. The van der Waals surface area contributed by atoms with Gasteiger partial charge in [-0.05, 0) is 6.07 Å². The van der Waals surface area contributed by atoms with Crippen LogP contribution in [0.15, 0.2) is 36.0 Å². The number of amides is 1. The molecule has 1 amide bonds. The van der Waals surface area contributed by atoms with Gasteiger partial charge in [0.25, 0.3) is 6.43 Å². The number of alkyl halides is 2. The number of halogens is 2. The van der Waals surface area contributed by atoms with Crippen LogP contribution in [0, 0.1) is 0 Å². The minimum Gasteiger partial charge on any atom is -0.347 e. The summed E-state index contributed by atoms with van der Waals surface area (Å²) in [4.78, 5) is 31.8. The maximum absolute atomic E-state index is 13.0. The van der Waals surface area contributed by atoms with Gasteiger partial charge in [-0.1, -0.05) is 0 Å². The topological polar surface area (TPSA) is 118 Å². The number of nitrogens with two attached hydrogens (primary N) is 1. The third kappa shape index (κ3) is 3.44. The van der Waals surface area contributed by atoms with Crippen molar-refractivity contribution < 1.29 is 13.6 Å². The molecule has 1 aliphatic rings. The van der Waals surface area contributed by atoms with Crippen molar-refractivity contribution in [1.29, 1.82) is 0 Å². The predicted octanol–water partition coefficient (Wildman–Crippen LogP) is 1.06. The molecule has 0 aliphatic carbocycles. The molecular formula is C17H17F2N9O. The van der Waals surface area contributed by atoms with Gasteiger partial charge in [-0.2, -0.15) is 5.10 Å². The van der Waals surface area contributed by atoms with Crippen LogP contribution in [0.3, 0.4) is 0 Å². The average Bonchev–Trinajstić information content (AvgIpc) is 3.16. The predicted molar refractivity (Wildman–Crippen MR) is 100 cm³/mol. The normalized spacial score (nSPS) is 16.2. The van der Waals surface area contributed by atoms with Crippen molar-refractivity contribution in [1.82, 2.24) is 29.2 Å². The van der Waals surface area contributed by atoms with E-state index in [1.807, 2.05) is 4.90 Å². The summed E-state index contributed by atoms with van der Waals surface area (Å²) in [6.07, 6.45) is 2.88. The van der Waals surface area contributed by atoms with E-state index < -0.39 is 6.43 Å². The molecule has 0 aromatic carbocycles. The Labute approximate surface area is 163 Å². The standard InChI is InChI=1S/C17H17F2N9O/c1-10(29)27-5-4-26(9-15(27)25-20)13-2-3-21-17(24-13)12-6-23-14-7-22-11(16(18)19)8-28(12)14/h2-3,6-8,16H,4-5,9,20H2,1H3/b25-15-. The van der Waals surface area contributed by atoms with Gasteiger partial charge in [-0.15, -0.1) is 0 Å². The second-order valence-electron chi connectivity index (χ2n) is 6.36. The van der Waals surface area contributed by atoms with Crippen LogP contribution >= 0.6 is 0 Å². The second-order valence-corrected chi connectivity index (χ2v) is 6.36. The van der Waals surface area contributed by atoms with E-state index in [9.17, 15) is 13.6 Å². The van der Waals surface area contributed by atoms with E-state index >= 15 is 0 Å². The molecule has 4 heterocycles. The summed E-state index contributed by atoms with van der Waals surface area (Å²) in [5.74, 6) is 6.65. The first kappa shape index (κ1) is 18.7. The van der Waals surface area contributed by atoms with Gasteiger partial charge < -0.3 is 10.7 Å². The lowest BCUT2D eigenvalue weighted by atomic mass is 10.3. The number of amidine groups is 1. The molecule has 29 heavy (non-hydrogen) atoms. The number of imidazole rings is 1. The Balaban J connectivity index is 1.67. The van der Waals surface area contributed by atoms with E-state index in [0.29, 0.717) is 48.5 Å². The molecule has 1 saturated heterocycles. The SMILES string of the molecule is CC(=O)N1CCN(c2ccnc(-c3cnc4cnc(C(F)F)cn34)n2)C/C1=N/N. The molecule has 0 saturated carbocycles. The van der Waals surface area contributed by atoms with E-state index in [-0.39, 0.29) is 11.6 Å². The third-order valence-electron chi connectivity index (χ3n) is 4.60. The molecule has 2 N–H and O–H groups in total. The van der Waals surface area contributed by atoms with Crippen molar-refractivity contribution in [3.05, 3.63) is 36.5 Å². The molecule has 0 radical (unpaired) electrons. The van der Waals surface area contributed by atoms with Gasteiger partial charge in [-0.25, -0.2) is 28.7 Å². The molecule has 1 fully saturated rings. The molecule has 12 heteroatoms. The van der Waals surface area contributed by atoms with Gasteiger partial charge in [0.2, 0.25) is 5.91 Å². The van der Waals surface area contributed by atoms with Crippen molar-refractivity contribution in [3.8, 4) is 11.5 Å². The number of hydrogen-bond acceptors (Lipinski definition) is 8. The fraction of sp³-hybridized carbons (Fsp3) is 0.294. The first-order valence-electron chi connectivity index (χ1n) is 8.72. The largest absolute Gasteiger partial charge is 0.347 e. The zero-order chi connectivity index (χ0) is 20.5. The number of aromatic nitrogens is 5. The van der Waals surface area contributed by atoms with Crippen LogP contribution in [0.5, 0.6) is 0 Å². The molecule has 0 bridgehead atoms. The minimum atomic E-state index is -2.70. The number of carbonyl (C=O) groups excluding carboxylic acids is 1. The zero-order valence-corrected chi connectivity index (χ0v) is 15.4. The maximum atomic E-state index is 13.0. The van der Waals surface area contributed by atoms with Crippen molar-refractivity contribution in [3.63, 3.8) is 0 Å². The van der Waals surface area contributed by atoms with Crippen LogP contribution in [0.4, 0.5) is 14.6 Å². The summed E-state index contributed by atoms with van der Waals surface area (Å²) in [5.41, 5.74) is 0.504. The third-order valence-corrected chi connectivity index (χ3v) is 4.60. The van der Waals surface area contributed by atoms with E-state index in [0.717, 1.165) is 0 Å². The van der Waals surface area contributed by atoms with Crippen LogP contribution in [0.2, 0.25) is 0 Å². The second kappa shape index (κ2) is 7.37. The van der Waals surface area contributed by atoms with Gasteiger partial charge in [0.1, 0.15) is 17.2 Å². The summed E-state index contributed by atoms with van der Waals surface area (Å²) >= 11 is 0. The van der Waals surface area contributed by atoms with Crippen molar-refractivity contribution in [2.75, 3.05) is 24.5 Å². The fourth-order valence-electron chi connectivity index (χ4n) is 3.16. The molecule has 0 atom stereocenters. The molecule has 3 aromatic heterocycles. The Morgan fingerprint density at radius 3 is 2.79 bits per heavy atom. The Morgan fingerprint density at radius 2 is 2.07 bits per heavy atom. The first-order chi connectivity index (χ1) is 14.0. The Hall–Kier alpha value is -3.70.